The van der Waals surface area contributed by atoms with Gasteiger partial charge >= 0.3 is 5.97 Å². The first-order valence-corrected chi connectivity index (χ1v) is 9.86. The molecule has 1 N–H and O–H groups in total. The molecule has 1 aliphatic rings. The Labute approximate surface area is 170 Å². The highest BCUT2D eigenvalue weighted by Gasteiger charge is 2.37. The molecule has 1 aliphatic heterocycles. The number of carboxylic acid groups (broad SMARTS) is 1. The maximum atomic E-state index is 11.9. The zero-order chi connectivity index (χ0) is 20.2. The Bertz CT molecular complexity index is 973. The molecular weight excluding hydrogens is 364 g/mol. The van der Waals surface area contributed by atoms with E-state index in [0.29, 0.717) is 6.42 Å². The lowest BCUT2D eigenvalue weighted by molar-refractivity contribution is -0.142. The molecule has 29 heavy (non-hydrogen) atoms. The van der Waals surface area contributed by atoms with Gasteiger partial charge in [-0.05, 0) is 61.2 Å². The highest BCUT2D eigenvalue weighted by atomic mass is 16.5. The van der Waals surface area contributed by atoms with Crippen LogP contribution in [0.25, 0.3) is 0 Å². The van der Waals surface area contributed by atoms with Crippen LogP contribution >= 0.6 is 0 Å². The van der Waals surface area contributed by atoms with E-state index in [-0.39, 0.29) is 6.04 Å². The number of hydrogen-bond acceptors (Lipinski definition) is 4. The Balaban J connectivity index is 1.72. The second-order valence-electron chi connectivity index (χ2n) is 7.38. The quantitative estimate of drug-likeness (QED) is 0.656. The SMILES string of the molecule is Cc1ccc(C(c2cccc(Oc3ccccc3)c2)N2CCCC2C(=O)O)nc1. The Morgan fingerprint density at radius 1 is 1.10 bits per heavy atom. The molecule has 0 aliphatic carbocycles. The van der Waals surface area contributed by atoms with Crippen LogP contribution in [0, 0.1) is 6.92 Å². The van der Waals surface area contributed by atoms with Crippen molar-refractivity contribution >= 4 is 5.97 Å². The molecule has 1 saturated heterocycles. The minimum absolute atomic E-state index is 0.237. The lowest BCUT2D eigenvalue weighted by Gasteiger charge is -2.31. The molecule has 2 heterocycles. The van der Waals surface area contributed by atoms with Crippen molar-refractivity contribution in [2.75, 3.05) is 6.54 Å². The van der Waals surface area contributed by atoms with Crippen LogP contribution in [0.4, 0.5) is 0 Å². The van der Waals surface area contributed by atoms with Gasteiger partial charge in [0, 0.05) is 12.7 Å². The average molecular weight is 388 g/mol. The second-order valence-corrected chi connectivity index (χ2v) is 7.38. The van der Waals surface area contributed by atoms with E-state index in [1.165, 1.54) is 0 Å². The van der Waals surface area contributed by atoms with Crippen molar-refractivity contribution in [1.29, 1.82) is 0 Å². The number of carboxylic acids is 1. The average Bonchev–Trinajstić information content (AvgIpc) is 3.20. The van der Waals surface area contributed by atoms with Crippen LogP contribution in [0.3, 0.4) is 0 Å². The molecule has 5 nitrogen and oxygen atoms in total. The molecule has 2 atom stereocenters. The van der Waals surface area contributed by atoms with E-state index >= 15 is 0 Å². The molecule has 148 valence electrons. The van der Waals surface area contributed by atoms with Gasteiger partial charge in [-0.25, -0.2) is 0 Å². The van der Waals surface area contributed by atoms with Gasteiger partial charge in [0.15, 0.2) is 0 Å². The Hall–Kier alpha value is -3.18. The highest BCUT2D eigenvalue weighted by molar-refractivity contribution is 5.74. The maximum absolute atomic E-state index is 11.9. The van der Waals surface area contributed by atoms with Crippen LogP contribution in [0.15, 0.2) is 72.9 Å². The van der Waals surface area contributed by atoms with E-state index in [4.69, 9.17) is 4.74 Å². The lowest BCUT2D eigenvalue weighted by atomic mass is 9.99. The number of carbonyl (C=O) groups is 1. The summed E-state index contributed by atoms with van der Waals surface area (Å²) in [6.07, 6.45) is 3.34. The number of para-hydroxylation sites is 1. The summed E-state index contributed by atoms with van der Waals surface area (Å²) in [5.74, 6) is 0.701. The molecule has 2 aromatic carbocycles. The monoisotopic (exact) mass is 388 g/mol. The maximum Gasteiger partial charge on any atom is 0.320 e. The summed E-state index contributed by atoms with van der Waals surface area (Å²) in [6.45, 7) is 2.72. The van der Waals surface area contributed by atoms with Gasteiger partial charge in [-0.1, -0.05) is 36.4 Å². The number of ether oxygens (including phenoxy) is 1. The topological polar surface area (TPSA) is 62.7 Å². The highest BCUT2D eigenvalue weighted by Crippen LogP contribution is 2.36. The number of rotatable bonds is 6. The summed E-state index contributed by atoms with van der Waals surface area (Å²) in [7, 11) is 0. The summed E-state index contributed by atoms with van der Waals surface area (Å²) < 4.78 is 6.01. The standard InChI is InChI=1S/C24H24N2O3/c1-17-12-13-21(25-16-17)23(26-14-6-11-22(26)24(27)28)18-7-5-10-20(15-18)29-19-8-3-2-4-9-19/h2-5,7-10,12-13,15-16,22-23H,6,11,14H2,1H3,(H,27,28). The van der Waals surface area contributed by atoms with Gasteiger partial charge in [0.05, 0.1) is 11.7 Å². The van der Waals surface area contributed by atoms with E-state index in [2.05, 4.69) is 4.98 Å². The number of hydrogen-bond donors (Lipinski definition) is 1. The van der Waals surface area contributed by atoms with Crippen molar-refractivity contribution in [3.05, 3.63) is 89.7 Å². The first-order valence-electron chi connectivity index (χ1n) is 9.86. The zero-order valence-electron chi connectivity index (χ0n) is 16.4. The van der Waals surface area contributed by atoms with Gasteiger partial charge in [0.1, 0.15) is 17.5 Å². The number of aliphatic carboxylic acids is 1. The zero-order valence-corrected chi connectivity index (χ0v) is 16.4. The van der Waals surface area contributed by atoms with Crippen molar-refractivity contribution in [3.8, 4) is 11.5 Å². The first kappa shape index (κ1) is 19.2. The number of aromatic nitrogens is 1. The first-order chi connectivity index (χ1) is 14.1. The number of pyridine rings is 1. The van der Waals surface area contributed by atoms with Crippen molar-refractivity contribution in [2.24, 2.45) is 0 Å². The summed E-state index contributed by atoms with van der Waals surface area (Å²) in [4.78, 5) is 18.5. The molecule has 0 spiro atoms. The van der Waals surface area contributed by atoms with Crippen molar-refractivity contribution in [2.45, 2.75) is 31.8 Å². The summed E-state index contributed by atoms with van der Waals surface area (Å²) >= 11 is 0. The molecule has 1 fully saturated rings. The molecule has 0 bridgehead atoms. The van der Waals surface area contributed by atoms with Crippen LogP contribution in [0.5, 0.6) is 11.5 Å². The summed E-state index contributed by atoms with van der Waals surface area (Å²) in [5.41, 5.74) is 2.90. The third kappa shape index (κ3) is 4.30. The van der Waals surface area contributed by atoms with Gasteiger partial charge in [-0.15, -0.1) is 0 Å². The Kier molecular flexibility index (Phi) is 5.58. The van der Waals surface area contributed by atoms with Gasteiger partial charge in [0.2, 0.25) is 0 Å². The molecule has 1 aromatic heterocycles. The molecular formula is C24H24N2O3. The molecule has 0 radical (unpaired) electrons. The van der Waals surface area contributed by atoms with E-state index in [1.807, 2.05) is 84.8 Å². The number of benzene rings is 2. The second kappa shape index (κ2) is 8.45. The summed E-state index contributed by atoms with van der Waals surface area (Å²) in [5, 5.41) is 9.73. The third-order valence-electron chi connectivity index (χ3n) is 5.28. The van der Waals surface area contributed by atoms with Crippen molar-refractivity contribution < 1.29 is 14.6 Å². The fourth-order valence-electron chi connectivity index (χ4n) is 3.91. The number of nitrogens with zero attached hydrogens (tertiary/aromatic N) is 2. The fourth-order valence-corrected chi connectivity index (χ4v) is 3.91. The normalized spacial score (nSPS) is 17.8. The smallest absolute Gasteiger partial charge is 0.320 e. The predicted molar refractivity (Wildman–Crippen MR) is 111 cm³/mol. The van der Waals surface area contributed by atoms with Crippen LogP contribution in [0.2, 0.25) is 0 Å². The van der Waals surface area contributed by atoms with Crippen LogP contribution in [-0.2, 0) is 4.79 Å². The van der Waals surface area contributed by atoms with E-state index in [9.17, 15) is 9.90 Å². The molecule has 0 saturated carbocycles. The van der Waals surface area contributed by atoms with Crippen molar-refractivity contribution in [1.82, 2.24) is 9.88 Å². The number of likely N-dealkylation sites (tertiary alicyclic amines) is 1. The van der Waals surface area contributed by atoms with Gasteiger partial charge in [0.25, 0.3) is 0 Å². The molecule has 2 unspecified atom stereocenters. The Morgan fingerprint density at radius 3 is 2.62 bits per heavy atom. The molecule has 0 amide bonds. The minimum Gasteiger partial charge on any atom is -0.480 e. The van der Waals surface area contributed by atoms with E-state index in [0.717, 1.165) is 41.3 Å². The largest absolute Gasteiger partial charge is 0.480 e. The third-order valence-corrected chi connectivity index (χ3v) is 5.28. The fraction of sp³-hybridized carbons (Fsp3) is 0.250. The predicted octanol–water partition coefficient (Wildman–Crippen LogP) is 4.82. The molecule has 5 heteroatoms. The minimum atomic E-state index is -0.781. The van der Waals surface area contributed by atoms with E-state index < -0.39 is 12.0 Å². The van der Waals surface area contributed by atoms with Gasteiger partial charge < -0.3 is 9.84 Å². The van der Waals surface area contributed by atoms with Crippen LogP contribution < -0.4 is 4.74 Å². The van der Waals surface area contributed by atoms with Crippen LogP contribution in [-0.4, -0.2) is 33.5 Å². The van der Waals surface area contributed by atoms with E-state index in [1.54, 1.807) is 0 Å². The molecule has 4 rings (SSSR count). The number of aryl methyl sites for hydroxylation is 1. The van der Waals surface area contributed by atoms with Crippen LogP contribution in [0.1, 0.15) is 35.7 Å². The van der Waals surface area contributed by atoms with Crippen molar-refractivity contribution in [3.63, 3.8) is 0 Å². The van der Waals surface area contributed by atoms with Gasteiger partial charge in [-0.3, -0.25) is 14.7 Å². The Morgan fingerprint density at radius 2 is 1.90 bits per heavy atom. The lowest BCUT2D eigenvalue weighted by Crippen LogP contribution is -2.39. The van der Waals surface area contributed by atoms with Gasteiger partial charge in [-0.2, -0.15) is 0 Å². The summed E-state index contributed by atoms with van der Waals surface area (Å²) in [6, 6.07) is 20.7. The molecule has 3 aromatic rings.